The molecule has 15 heavy (non-hydrogen) atoms. The fraction of sp³-hybridized carbons (Fsp3) is 0. The molecular formula is HINS12Y. The van der Waals surface area contributed by atoms with Crippen LogP contribution in [0.2, 0.25) is 0 Å². The molecule has 0 aliphatic heterocycles. The zero-order chi connectivity index (χ0) is 11.2. The van der Waals surface area contributed by atoms with Gasteiger partial charge in [-0.2, -0.15) is 0 Å². The molecule has 0 aliphatic carbocycles. The average molecular weight is 616 g/mol. The predicted octanol–water partition coefficient (Wildman–Crippen LogP) is 1.15. The Morgan fingerprint density at radius 2 is 1.07 bits per heavy atom. The van der Waals surface area contributed by atoms with Crippen molar-refractivity contribution in [2.24, 2.45) is 0 Å². The van der Waals surface area contributed by atoms with Crippen LogP contribution in [0.5, 0.6) is 0 Å². The van der Waals surface area contributed by atoms with Crippen LogP contribution in [0, 0.1) is 4.78 Å². The van der Waals surface area contributed by atoms with Gasteiger partial charge in [0.05, 0.1) is 0 Å². The number of hydrogen-bond acceptors (Lipinski definition) is 1. The Kier molecular flexibility index (Phi) is 23.5. The molecule has 1 nitrogen and oxygen atoms in total. The Bertz CT molecular complexity index is 671. The molecule has 0 saturated carbocycles. The van der Waals surface area contributed by atoms with Gasteiger partial charge in [0.15, 0.2) is 0 Å². The van der Waals surface area contributed by atoms with Crippen LogP contribution in [0.25, 0.3) is 0 Å². The van der Waals surface area contributed by atoms with Crippen LogP contribution >= 0.6 is 16.3 Å². The molecule has 0 aliphatic rings. The normalized spacial score (nSPS) is 7.00. The van der Waals surface area contributed by atoms with E-state index in [9.17, 15) is 0 Å². The van der Waals surface area contributed by atoms with Gasteiger partial charge in [-0.1, -0.05) is 0 Å². The SMILES string of the molecule is N=S=S=S=S=S=S=S=S=S=S=S=[S]=[Y][I]. The third kappa shape index (κ3) is 18.3. The van der Waals surface area contributed by atoms with Crippen molar-refractivity contribution in [3.8, 4) is 0 Å². The van der Waals surface area contributed by atoms with Crippen molar-refractivity contribution >= 4 is 121 Å². The van der Waals surface area contributed by atoms with E-state index >= 15 is 0 Å². The minimum atomic E-state index is -0.251. The summed E-state index contributed by atoms with van der Waals surface area (Å²) in [5.41, 5.74) is 0. The molecule has 0 spiro atoms. The first-order valence-electron chi connectivity index (χ1n) is 2.49. The molecule has 88 valence electrons. The van der Waals surface area contributed by atoms with Crippen molar-refractivity contribution in [1.29, 1.82) is 4.78 Å². The number of hydrogen-bond donors (Lipinski definition) is 1. The summed E-state index contributed by atoms with van der Waals surface area (Å²) in [5.74, 6) is 0. The van der Waals surface area contributed by atoms with E-state index in [2.05, 4.69) is 21.6 Å². The molecule has 0 fully saturated rings. The van der Waals surface area contributed by atoms with E-state index in [0.29, 0.717) is 0 Å². The Morgan fingerprint density at radius 1 is 0.667 bits per heavy atom. The van der Waals surface area contributed by atoms with Gasteiger partial charge in [0.2, 0.25) is 0 Å². The van der Waals surface area contributed by atoms with Gasteiger partial charge in [-0.25, -0.2) is 4.78 Å². The quantitative estimate of drug-likeness (QED) is 0.396. The molecule has 0 rings (SSSR count). The minimum absolute atomic E-state index is 0.251. The second kappa shape index (κ2) is 18.3. The van der Waals surface area contributed by atoms with Crippen LogP contribution in [0.1, 0.15) is 0 Å². The first-order valence-corrected chi connectivity index (χ1v) is 30.0. The molecule has 0 bridgehead atoms. The van der Waals surface area contributed by atoms with Crippen LogP contribution in [-0.2, 0) is 126 Å². The maximum atomic E-state index is 6.84. The van der Waals surface area contributed by atoms with E-state index in [1.54, 1.807) is 44.4 Å². The second-order valence-corrected chi connectivity index (χ2v) is 34.9. The van der Waals surface area contributed by atoms with Gasteiger partial charge in [-0.15, -0.1) is 0 Å². The summed E-state index contributed by atoms with van der Waals surface area (Å²) in [4.78, 5) is 0. The van der Waals surface area contributed by atoms with E-state index in [4.69, 9.17) is 4.78 Å². The summed E-state index contributed by atoms with van der Waals surface area (Å²) in [6.45, 7) is 0. The fourth-order valence-corrected chi connectivity index (χ4v) is 46.8. The van der Waals surface area contributed by atoms with Crippen LogP contribution in [0.4, 0.5) is 0 Å². The molecular weight excluding hydrogens is 615 g/mol. The molecule has 0 unspecified atom stereocenters. The number of halogens is 1. The molecule has 1 N–H and O–H groups in total. The zero-order valence-electron chi connectivity index (χ0n) is 6.35. The molecule has 15 heteroatoms. The van der Waals surface area contributed by atoms with Crippen molar-refractivity contribution < 1.29 is 22.1 Å². The number of nitrogens with one attached hydrogen (secondary N) is 1. The third-order valence-corrected chi connectivity index (χ3v) is 40.4. The molecule has 0 amide bonds. The molecule has 0 aromatic rings. The van der Waals surface area contributed by atoms with Crippen molar-refractivity contribution in [3.63, 3.8) is 0 Å². The van der Waals surface area contributed by atoms with Gasteiger partial charge in [-0.05, 0) is 0 Å². The summed E-state index contributed by atoms with van der Waals surface area (Å²) in [7, 11) is 18.7. The molecule has 0 aromatic heterocycles. The fourth-order valence-electron chi connectivity index (χ4n) is 0.135. The molecule has 0 aromatic carbocycles. The van der Waals surface area contributed by atoms with Gasteiger partial charge < -0.3 is 0 Å². The van der Waals surface area contributed by atoms with E-state index in [1.165, 1.54) is 8.88 Å². The van der Waals surface area contributed by atoms with Crippen LogP contribution < -0.4 is 0 Å². The summed E-state index contributed by atoms with van der Waals surface area (Å²) >= 11 is 2.29. The first kappa shape index (κ1) is 19.3. The predicted molar refractivity (Wildman–Crippen MR) is 105 cm³/mol. The van der Waals surface area contributed by atoms with E-state index < -0.39 is 0 Å². The Labute approximate surface area is 143 Å². The number of rotatable bonds is 0. The molecule has 0 heterocycles. The molecule has 0 saturated heterocycles. The first-order chi connectivity index (χ1) is 7.41. The summed E-state index contributed by atoms with van der Waals surface area (Å²) in [5, 5.41) is 2.06. The van der Waals surface area contributed by atoms with Gasteiger partial charge in [0, 0.05) is 0 Å². The molecule has 0 radical (unpaired) electrons. The maximum absolute atomic E-state index is 6.84. The molecule has 0 atom stereocenters. The average Bonchev–Trinajstić information content (AvgIpc) is 2.26. The van der Waals surface area contributed by atoms with Crippen molar-refractivity contribution in [2.45, 2.75) is 0 Å². The van der Waals surface area contributed by atoms with Gasteiger partial charge in [0.25, 0.3) is 0 Å². The van der Waals surface area contributed by atoms with E-state index in [1.807, 2.05) is 35.5 Å². The van der Waals surface area contributed by atoms with Crippen LogP contribution in [0.3, 0.4) is 0 Å². The Morgan fingerprint density at radius 3 is 1.47 bits per heavy atom. The Hall–Kier alpha value is 4.27. The summed E-state index contributed by atoms with van der Waals surface area (Å²) < 4.78 is 6.84. The zero-order valence-corrected chi connectivity index (χ0v) is 21.1. The van der Waals surface area contributed by atoms with Gasteiger partial charge >= 0.3 is 143 Å². The summed E-state index contributed by atoms with van der Waals surface area (Å²) in [6.07, 6.45) is 0. The van der Waals surface area contributed by atoms with Crippen LogP contribution in [-0.4, -0.2) is 0 Å². The Balaban J connectivity index is 5.52. The summed E-state index contributed by atoms with van der Waals surface area (Å²) in [6, 6.07) is 0. The van der Waals surface area contributed by atoms with Crippen molar-refractivity contribution in [3.05, 3.63) is 0 Å². The second-order valence-electron chi connectivity index (χ2n) is 0.949. The van der Waals surface area contributed by atoms with Crippen LogP contribution in [0.15, 0.2) is 0 Å². The van der Waals surface area contributed by atoms with Crippen molar-refractivity contribution in [2.75, 3.05) is 0 Å². The third-order valence-electron chi connectivity index (χ3n) is 0.360. The monoisotopic (exact) mass is 614 g/mol. The standard InChI is InChI=1S/HI.HNS12.Y/c;1-3-5-7-9-11-13-12-10-8-6-4-2;/h1H;1H;/q;;+1/p-1. The van der Waals surface area contributed by atoms with E-state index in [0.717, 1.165) is 10.1 Å². The van der Waals surface area contributed by atoms with Gasteiger partial charge in [-0.3, -0.25) is 0 Å². The van der Waals surface area contributed by atoms with E-state index in [-0.39, 0.29) is 22.1 Å². The van der Waals surface area contributed by atoms with Crippen molar-refractivity contribution in [1.82, 2.24) is 0 Å². The topological polar surface area (TPSA) is 23.9 Å². The van der Waals surface area contributed by atoms with Gasteiger partial charge in [0.1, 0.15) is 0 Å².